The number of benzene rings is 2. The summed E-state index contributed by atoms with van der Waals surface area (Å²) in [6.07, 6.45) is 8.25. The third-order valence-electron chi connectivity index (χ3n) is 7.32. The van der Waals surface area contributed by atoms with Gasteiger partial charge in [-0.25, -0.2) is 9.97 Å². The van der Waals surface area contributed by atoms with Gasteiger partial charge in [0.25, 0.3) is 0 Å². The van der Waals surface area contributed by atoms with Gasteiger partial charge in [-0.1, -0.05) is 82.2 Å². The van der Waals surface area contributed by atoms with Gasteiger partial charge in [0.15, 0.2) is 0 Å². The summed E-state index contributed by atoms with van der Waals surface area (Å²) in [5, 5.41) is 0. The molecule has 0 aliphatic carbocycles. The second-order valence-corrected chi connectivity index (χ2v) is 11.3. The fraction of sp³-hybridized carbons (Fsp3) is 0.0857. The minimum absolute atomic E-state index is 0. The fourth-order valence-corrected chi connectivity index (χ4v) is 5.96. The van der Waals surface area contributed by atoms with Crippen LogP contribution in [0.3, 0.4) is 0 Å². The summed E-state index contributed by atoms with van der Waals surface area (Å²) in [7, 11) is 0. The molecule has 8 bridgehead atoms. The molecule has 2 aromatic carbocycles. The van der Waals surface area contributed by atoms with Gasteiger partial charge in [-0.2, -0.15) is 0 Å². The maximum absolute atomic E-state index is 5.06. The number of aromatic nitrogens is 4. The van der Waals surface area contributed by atoms with Crippen LogP contribution in [0.2, 0.25) is 0 Å². The Kier molecular flexibility index (Phi) is 7.23. The summed E-state index contributed by atoms with van der Waals surface area (Å²) in [5.74, 6) is 0. The maximum Gasteiger partial charge on any atom is 2.00 e. The molecule has 5 heterocycles. The maximum atomic E-state index is 5.06. The molecule has 0 saturated heterocycles. The van der Waals surface area contributed by atoms with Gasteiger partial charge >= 0.3 is 19.5 Å². The molecule has 7 rings (SSSR count). The Morgan fingerprint density at radius 3 is 1.63 bits per heavy atom. The molecule has 2 aliphatic heterocycles. The summed E-state index contributed by atoms with van der Waals surface area (Å²) in [6.45, 7) is 6.46. The smallest absolute Gasteiger partial charge is 0.657 e. The predicted octanol–water partition coefficient (Wildman–Crippen LogP) is 8.93. The number of hydrogen-bond acceptors (Lipinski definition) is 2. The Hall–Kier alpha value is -3.86. The molecule has 0 unspecified atom stereocenters. The standard InChI is InChI=1S/C35H25BrN4.Zn/c1-20-16-21(2)33(22(3)17-20)35-31-14-10-27(39-31)18-25-8-12-29(37-25)34(23-4-6-24(36)7-5-23)30-13-9-26(38-30)19-28-11-15-32(35)40-28;/h4-19H,1-3H3;/q-2;+2. The molecule has 0 amide bonds. The molecule has 0 spiro atoms. The molecule has 3 aromatic heterocycles. The van der Waals surface area contributed by atoms with E-state index in [1.807, 2.05) is 36.4 Å². The third-order valence-corrected chi connectivity index (χ3v) is 7.85. The monoisotopic (exact) mass is 644 g/mol. The van der Waals surface area contributed by atoms with E-state index in [1.54, 1.807) is 0 Å². The number of halogens is 1. The molecular weight excluding hydrogens is 622 g/mol. The molecule has 6 heteroatoms. The van der Waals surface area contributed by atoms with Gasteiger partial charge in [0.05, 0.1) is 22.8 Å². The van der Waals surface area contributed by atoms with Crippen LogP contribution in [0.4, 0.5) is 0 Å². The molecule has 5 aromatic rings. The van der Waals surface area contributed by atoms with Crippen molar-refractivity contribution in [2.24, 2.45) is 0 Å². The number of fused-ring (bicyclic) bond motifs is 8. The Morgan fingerprint density at radius 2 is 1.07 bits per heavy atom. The van der Waals surface area contributed by atoms with Gasteiger partial charge < -0.3 is 9.97 Å². The van der Waals surface area contributed by atoms with Crippen LogP contribution in [0.5, 0.6) is 0 Å². The van der Waals surface area contributed by atoms with Gasteiger partial charge in [0.1, 0.15) is 0 Å². The van der Waals surface area contributed by atoms with E-state index in [4.69, 9.17) is 19.9 Å². The van der Waals surface area contributed by atoms with E-state index in [2.05, 4.69) is 97.4 Å². The average molecular weight is 647 g/mol. The van der Waals surface area contributed by atoms with Crippen molar-refractivity contribution in [3.8, 4) is 22.3 Å². The SMILES string of the molecule is Cc1cc(C)c(-c2c3nc(cc4ccc([n-]4)c(-c4ccc(Br)cc4)c4nc(cc5ccc2[n-]5)C=C4)C=C3)c(C)c1.[Zn+2]. The second kappa shape index (κ2) is 10.8. The number of aryl methyl sites for hydroxylation is 3. The number of rotatable bonds is 2. The summed E-state index contributed by atoms with van der Waals surface area (Å²) in [4.78, 5) is 20.1. The molecule has 4 nitrogen and oxygen atoms in total. The Bertz CT molecular complexity index is 2020. The van der Waals surface area contributed by atoms with Crippen molar-refractivity contribution in [1.29, 1.82) is 0 Å². The molecule has 41 heavy (non-hydrogen) atoms. The van der Waals surface area contributed by atoms with Crippen LogP contribution in [-0.2, 0) is 19.5 Å². The van der Waals surface area contributed by atoms with Crippen LogP contribution in [0, 0.1) is 20.8 Å². The zero-order chi connectivity index (χ0) is 27.4. The largest absolute Gasteiger partial charge is 2.00 e. The second-order valence-electron chi connectivity index (χ2n) is 10.3. The topological polar surface area (TPSA) is 54.0 Å². The average Bonchev–Trinajstić information content (AvgIpc) is 3.72. The van der Waals surface area contributed by atoms with Crippen molar-refractivity contribution in [1.82, 2.24) is 19.9 Å². The van der Waals surface area contributed by atoms with E-state index in [-0.39, 0.29) is 19.5 Å². The Morgan fingerprint density at radius 1 is 0.561 bits per heavy atom. The van der Waals surface area contributed by atoms with Crippen LogP contribution < -0.4 is 9.97 Å². The van der Waals surface area contributed by atoms with Gasteiger partial charge in [0, 0.05) is 4.47 Å². The van der Waals surface area contributed by atoms with Crippen molar-refractivity contribution < 1.29 is 19.5 Å². The van der Waals surface area contributed by atoms with Crippen LogP contribution in [0.15, 0.2) is 77.3 Å². The van der Waals surface area contributed by atoms with E-state index in [1.165, 1.54) is 22.3 Å². The van der Waals surface area contributed by atoms with Gasteiger partial charge in [-0.05, 0) is 90.6 Å². The van der Waals surface area contributed by atoms with E-state index < -0.39 is 0 Å². The first-order chi connectivity index (χ1) is 19.4. The summed E-state index contributed by atoms with van der Waals surface area (Å²) in [5.41, 5.74) is 15.0. The Labute approximate surface area is 260 Å². The van der Waals surface area contributed by atoms with Crippen LogP contribution in [-0.4, -0.2) is 9.97 Å². The molecule has 0 atom stereocenters. The molecule has 0 radical (unpaired) electrons. The number of hydrogen-bond donors (Lipinski definition) is 0. The molecule has 2 aliphatic rings. The fourth-order valence-electron chi connectivity index (χ4n) is 5.70. The van der Waals surface area contributed by atoms with Gasteiger partial charge in [-0.3, -0.25) is 0 Å². The normalized spacial score (nSPS) is 12.0. The molecule has 194 valence electrons. The van der Waals surface area contributed by atoms with Gasteiger partial charge in [-0.15, -0.1) is 22.1 Å². The van der Waals surface area contributed by atoms with Crippen molar-refractivity contribution in [2.45, 2.75) is 20.8 Å². The minimum atomic E-state index is 0. The minimum Gasteiger partial charge on any atom is -0.657 e. The summed E-state index contributed by atoms with van der Waals surface area (Å²) >= 11 is 3.56. The summed E-state index contributed by atoms with van der Waals surface area (Å²) in [6, 6.07) is 25.0. The zero-order valence-corrected chi connectivity index (χ0v) is 27.7. The third kappa shape index (κ3) is 5.19. The molecule has 0 fully saturated rings. The molecule has 0 N–H and O–H groups in total. The van der Waals surface area contributed by atoms with E-state index in [0.717, 1.165) is 66.0 Å². The van der Waals surface area contributed by atoms with Crippen molar-refractivity contribution in [3.63, 3.8) is 0 Å². The summed E-state index contributed by atoms with van der Waals surface area (Å²) < 4.78 is 1.03. The van der Waals surface area contributed by atoms with Crippen LogP contribution in [0.1, 0.15) is 39.5 Å². The predicted molar refractivity (Wildman–Crippen MR) is 170 cm³/mol. The van der Waals surface area contributed by atoms with E-state index in [9.17, 15) is 0 Å². The Balaban J connectivity index is 0.00000302. The van der Waals surface area contributed by atoms with Crippen molar-refractivity contribution in [2.75, 3.05) is 0 Å². The first kappa shape index (κ1) is 27.3. The van der Waals surface area contributed by atoms with E-state index >= 15 is 0 Å². The van der Waals surface area contributed by atoms with Crippen molar-refractivity contribution >= 4 is 62.3 Å². The molecule has 0 saturated carbocycles. The van der Waals surface area contributed by atoms with E-state index in [0.29, 0.717) is 0 Å². The zero-order valence-electron chi connectivity index (χ0n) is 23.1. The van der Waals surface area contributed by atoms with Crippen LogP contribution in [0.25, 0.3) is 68.6 Å². The molecular formula is C35H25BrN4Zn. The first-order valence-electron chi connectivity index (χ1n) is 13.3. The van der Waals surface area contributed by atoms with Crippen LogP contribution >= 0.6 is 15.9 Å². The van der Waals surface area contributed by atoms with Gasteiger partial charge in [0.2, 0.25) is 0 Å². The number of nitrogens with zero attached hydrogens (tertiary/aromatic N) is 4. The van der Waals surface area contributed by atoms with Crippen molar-refractivity contribution in [3.05, 3.63) is 117 Å². The first-order valence-corrected chi connectivity index (χ1v) is 14.0. The quantitative estimate of drug-likeness (QED) is 0.176.